The van der Waals surface area contributed by atoms with Crippen molar-refractivity contribution < 1.29 is 19.0 Å². The van der Waals surface area contributed by atoms with Gasteiger partial charge in [0.15, 0.2) is 0 Å². The van der Waals surface area contributed by atoms with Crippen LogP contribution in [0.25, 0.3) is 10.8 Å². The number of carbonyl (C=O) groups excluding carboxylic acids is 1. The second-order valence-electron chi connectivity index (χ2n) is 9.27. The summed E-state index contributed by atoms with van der Waals surface area (Å²) in [5.74, 6) is 1.11. The van der Waals surface area contributed by atoms with Crippen LogP contribution in [0.15, 0.2) is 71.7 Å². The zero-order valence-electron chi connectivity index (χ0n) is 19.9. The minimum atomic E-state index is -0.876. The molecule has 2 heterocycles. The molecule has 3 aromatic carbocycles. The number of hydrogen-bond acceptors (Lipinski definition) is 6. The maximum Gasteiger partial charge on any atom is 0.333 e. The van der Waals surface area contributed by atoms with Crippen molar-refractivity contribution in [1.82, 2.24) is 0 Å². The standard InChI is InChI=1S/C28H28N2O4/c1-18(2)26(31)33-15-14-30-23-9-7-6-8-22(23)27(3,4)28(30)17-29-25-21-12-11-20(32-5)16-19(21)10-13-24(25)34-28/h6-13,16-17H,1,14-15H2,2-5H3. The number of fused-ring (bicyclic) bond motifs is 4. The van der Waals surface area contributed by atoms with Crippen molar-refractivity contribution >= 4 is 34.3 Å². The van der Waals surface area contributed by atoms with Crippen molar-refractivity contribution in [3.8, 4) is 11.5 Å². The summed E-state index contributed by atoms with van der Waals surface area (Å²) < 4.78 is 17.7. The molecule has 5 rings (SSSR count). The lowest BCUT2D eigenvalue weighted by molar-refractivity contribution is -0.138. The van der Waals surface area contributed by atoms with Gasteiger partial charge < -0.3 is 19.1 Å². The van der Waals surface area contributed by atoms with Gasteiger partial charge in [-0.2, -0.15) is 0 Å². The summed E-state index contributed by atoms with van der Waals surface area (Å²) in [5.41, 5.74) is 2.08. The predicted molar refractivity (Wildman–Crippen MR) is 135 cm³/mol. The summed E-state index contributed by atoms with van der Waals surface area (Å²) in [6, 6.07) is 18.2. The minimum absolute atomic E-state index is 0.208. The van der Waals surface area contributed by atoms with E-state index >= 15 is 0 Å². The van der Waals surface area contributed by atoms with Crippen LogP contribution in [0.4, 0.5) is 11.4 Å². The van der Waals surface area contributed by atoms with Gasteiger partial charge in [-0.05, 0) is 62.1 Å². The van der Waals surface area contributed by atoms with Crippen LogP contribution in [-0.2, 0) is 14.9 Å². The Hall–Kier alpha value is -3.80. The van der Waals surface area contributed by atoms with Gasteiger partial charge in [-0.25, -0.2) is 4.79 Å². The predicted octanol–water partition coefficient (Wildman–Crippen LogP) is 5.56. The third kappa shape index (κ3) is 3.16. The van der Waals surface area contributed by atoms with Crippen LogP contribution in [0, 0.1) is 0 Å². The highest BCUT2D eigenvalue weighted by molar-refractivity contribution is 6.00. The molecule has 6 nitrogen and oxygen atoms in total. The molecule has 0 amide bonds. The van der Waals surface area contributed by atoms with Crippen molar-refractivity contribution in [1.29, 1.82) is 0 Å². The maximum atomic E-state index is 12.0. The smallest absolute Gasteiger partial charge is 0.333 e. The number of hydrogen-bond donors (Lipinski definition) is 0. The van der Waals surface area contributed by atoms with Crippen LogP contribution >= 0.6 is 0 Å². The normalized spacial score (nSPS) is 19.5. The van der Waals surface area contributed by atoms with Crippen LogP contribution in [0.2, 0.25) is 0 Å². The number of nitrogens with zero attached hydrogens (tertiary/aromatic N) is 2. The summed E-state index contributed by atoms with van der Waals surface area (Å²) in [5, 5.41) is 2.03. The molecule has 0 radical (unpaired) electrons. The molecule has 0 fully saturated rings. The molecule has 0 aromatic heterocycles. The first-order valence-electron chi connectivity index (χ1n) is 11.3. The van der Waals surface area contributed by atoms with E-state index in [0.717, 1.165) is 33.5 Å². The van der Waals surface area contributed by atoms with Crippen molar-refractivity contribution in [3.63, 3.8) is 0 Å². The van der Waals surface area contributed by atoms with Crippen molar-refractivity contribution in [3.05, 3.63) is 72.3 Å². The van der Waals surface area contributed by atoms with Crippen LogP contribution in [0.1, 0.15) is 26.3 Å². The van der Waals surface area contributed by atoms with Gasteiger partial charge >= 0.3 is 5.97 Å². The highest BCUT2D eigenvalue weighted by Crippen LogP contribution is 2.54. The Balaban J connectivity index is 1.57. The molecule has 174 valence electrons. The average molecular weight is 457 g/mol. The van der Waals surface area contributed by atoms with E-state index < -0.39 is 17.1 Å². The first kappa shape index (κ1) is 22.0. The number of rotatable bonds is 5. The number of benzene rings is 3. The van der Waals surface area contributed by atoms with Crippen LogP contribution < -0.4 is 14.4 Å². The zero-order chi connectivity index (χ0) is 24.1. The van der Waals surface area contributed by atoms with Crippen LogP contribution in [0.3, 0.4) is 0 Å². The molecule has 0 saturated heterocycles. The molecular weight excluding hydrogens is 428 g/mol. The molecule has 0 aliphatic carbocycles. The molecule has 0 saturated carbocycles. The van der Waals surface area contributed by atoms with E-state index in [0.29, 0.717) is 17.9 Å². The van der Waals surface area contributed by atoms with Crippen molar-refractivity contribution in [2.45, 2.75) is 31.9 Å². The number of methoxy groups -OCH3 is 1. The van der Waals surface area contributed by atoms with Gasteiger partial charge in [-0.1, -0.05) is 30.8 Å². The second kappa shape index (κ2) is 7.90. The van der Waals surface area contributed by atoms with E-state index in [4.69, 9.17) is 19.2 Å². The van der Waals surface area contributed by atoms with Gasteiger partial charge in [-0.15, -0.1) is 0 Å². The Kier molecular flexibility index (Phi) is 5.12. The Morgan fingerprint density at radius 1 is 1.15 bits per heavy atom. The summed E-state index contributed by atoms with van der Waals surface area (Å²) in [4.78, 5) is 19.1. The summed E-state index contributed by atoms with van der Waals surface area (Å²) in [6.45, 7) is 10.3. The summed E-state index contributed by atoms with van der Waals surface area (Å²) in [7, 11) is 1.66. The Morgan fingerprint density at radius 3 is 2.71 bits per heavy atom. The lowest BCUT2D eigenvalue weighted by Crippen LogP contribution is -2.62. The van der Waals surface area contributed by atoms with Gasteiger partial charge in [0.05, 0.1) is 25.3 Å². The quantitative estimate of drug-likeness (QED) is 0.372. The van der Waals surface area contributed by atoms with Crippen molar-refractivity contribution in [2.24, 2.45) is 4.99 Å². The molecule has 2 aliphatic rings. The number of ether oxygens (including phenoxy) is 3. The van der Waals surface area contributed by atoms with Gasteiger partial charge in [0.1, 0.15) is 23.8 Å². The minimum Gasteiger partial charge on any atom is -0.497 e. The fourth-order valence-electron chi connectivity index (χ4n) is 4.96. The van der Waals surface area contributed by atoms with E-state index in [1.165, 1.54) is 0 Å². The molecule has 6 heteroatoms. The Labute approximate surface area is 199 Å². The van der Waals surface area contributed by atoms with Crippen molar-refractivity contribution in [2.75, 3.05) is 25.2 Å². The summed E-state index contributed by atoms with van der Waals surface area (Å²) >= 11 is 0. The Bertz CT molecular complexity index is 1340. The van der Waals surface area contributed by atoms with E-state index in [9.17, 15) is 4.79 Å². The molecule has 0 N–H and O–H groups in total. The number of aliphatic imine (C=N–C) groups is 1. The van der Waals surface area contributed by atoms with E-state index in [1.54, 1.807) is 14.0 Å². The third-order valence-electron chi connectivity index (χ3n) is 6.86. The Morgan fingerprint density at radius 2 is 1.94 bits per heavy atom. The number of anilines is 1. The zero-order valence-corrected chi connectivity index (χ0v) is 19.9. The monoisotopic (exact) mass is 456 g/mol. The van der Waals surface area contributed by atoms with Gasteiger partial charge in [0.25, 0.3) is 0 Å². The molecule has 1 unspecified atom stereocenters. The van der Waals surface area contributed by atoms with E-state index in [-0.39, 0.29) is 6.61 Å². The fourth-order valence-corrected chi connectivity index (χ4v) is 4.96. The third-order valence-corrected chi connectivity index (χ3v) is 6.86. The molecule has 1 atom stereocenters. The average Bonchev–Trinajstić information content (AvgIpc) is 3.01. The van der Waals surface area contributed by atoms with E-state index in [1.807, 2.05) is 48.7 Å². The second-order valence-corrected chi connectivity index (χ2v) is 9.27. The number of esters is 1. The topological polar surface area (TPSA) is 60.4 Å². The lowest BCUT2D eigenvalue weighted by Gasteiger charge is -2.46. The van der Waals surface area contributed by atoms with Crippen LogP contribution in [-0.4, -0.2) is 38.2 Å². The fraction of sp³-hybridized carbons (Fsp3) is 0.286. The molecule has 2 aliphatic heterocycles. The highest BCUT2D eigenvalue weighted by Gasteiger charge is 2.59. The number of para-hydroxylation sites is 1. The SMILES string of the molecule is C=C(C)C(=O)OCCN1c2ccccc2C(C)(C)C12C=Nc1c(ccc3cc(OC)ccc13)O2. The summed E-state index contributed by atoms with van der Waals surface area (Å²) in [6.07, 6.45) is 1.90. The molecule has 1 spiro atoms. The molecule has 0 bridgehead atoms. The highest BCUT2D eigenvalue weighted by atomic mass is 16.5. The van der Waals surface area contributed by atoms with Gasteiger partial charge in [-0.3, -0.25) is 4.99 Å². The largest absolute Gasteiger partial charge is 0.497 e. The van der Waals surface area contributed by atoms with Gasteiger partial charge in [0, 0.05) is 16.6 Å². The number of carbonyl (C=O) groups is 1. The lowest BCUT2D eigenvalue weighted by atomic mass is 9.77. The van der Waals surface area contributed by atoms with Crippen LogP contribution in [0.5, 0.6) is 11.5 Å². The van der Waals surface area contributed by atoms with E-state index in [2.05, 4.69) is 37.5 Å². The van der Waals surface area contributed by atoms with Gasteiger partial charge in [0.2, 0.25) is 5.72 Å². The molecule has 3 aromatic rings. The molecule has 34 heavy (non-hydrogen) atoms. The maximum absolute atomic E-state index is 12.0. The first-order chi connectivity index (χ1) is 16.3. The molecular formula is C28H28N2O4. The first-order valence-corrected chi connectivity index (χ1v) is 11.3.